The lowest BCUT2D eigenvalue weighted by molar-refractivity contribution is -0.146. The minimum absolute atomic E-state index is 0.170. The second kappa shape index (κ2) is 6.37. The Bertz CT molecular complexity index is 400. The van der Waals surface area contributed by atoms with Crippen molar-refractivity contribution in [3.8, 4) is 0 Å². The van der Waals surface area contributed by atoms with Crippen LogP contribution in [0.2, 0.25) is 0 Å². The molecule has 3 aliphatic rings. The molecule has 4 nitrogen and oxygen atoms in total. The van der Waals surface area contributed by atoms with Crippen LogP contribution in [0.15, 0.2) is 0 Å². The van der Waals surface area contributed by atoms with Crippen LogP contribution in [0.3, 0.4) is 0 Å². The maximum atomic E-state index is 12.7. The lowest BCUT2D eigenvalue weighted by atomic mass is 9.88. The van der Waals surface area contributed by atoms with Crippen molar-refractivity contribution in [3.63, 3.8) is 0 Å². The molecule has 1 heterocycles. The molecule has 1 aliphatic heterocycles. The van der Waals surface area contributed by atoms with E-state index in [4.69, 9.17) is 0 Å². The van der Waals surface area contributed by atoms with Crippen molar-refractivity contribution in [2.45, 2.75) is 63.8 Å². The summed E-state index contributed by atoms with van der Waals surface area (Å²) in [6.45, 7) is 1.66. The van der Waals surface area contributed by atoms with Gasteiger partial charge in [0.15, 0.2) is 0 Å². The van der Waals surface area contributed by atoms with E-state index in [2.05, 4.69) is 0 Å². The van der Waals surface area contributed by atoms with Crippen LogP contribution in [0.25, 0.3) is 0 Å². The van der Waals surface area contributed by atoms with Crippen LogP contribution >= 0.6 is 0 Å². The summed E-state index contributed by atoms with van der Waals surface area (Å²) in [5.41, 5.74) is 0. The smallest absolute Gasteiger partial charge is 0.245 e. The highest BCUT2D eigenvalue weighted by atomic mass is 16.2. The molecule has 1 saturated heterocycles. The van der Waals surface area contributed by atoms with Gasteiger partial charge in [0.2, 0.25) is 11.8 Å². The molecule has 4 heteroatoms. The first kappa shape index (κ1) is 14.9. The molecule has 3 fully saturated rings. The van der Waals surface area contributed by atoms with E-state index >= 15 is 0 Å². The number of hydrogen-bond donors (Lipinski definition) is 0. The zero-order valence-corrected chi connectivity index (χ0v) is 13.2. The van der Waals surface area contributed by atoms with Crippen LogP contribution < -0.4 is 0 Å². The second-order valence-corrected chi connectivity index (χ2v) is 7.19. The normalized spacial score (nSPS) is 26.9. The summed E-state index contributed by atoms with van der Waals surface area (Å²) in [6.07, 6.45) is 9.99. The molecule has 118 valence electrons. The minimum Gasteiger partial charge on any atom is -0.344 e. The molecule has 0 N–H and O–H groups in total. The monoisotopic (exact) mass is 292 g/mol. The number of carbonyl (C=O) groups excluding carboxylic acids is 2. The molecule has 2 saturated carbocycles. The average Bonchev–Trinajstić information content (AvgIpc) is 3.19. The number of hydrogen-bond acceptors (Lipinski definition) is 2. The van der Waals surface area contributed by atoms with E-state index in [1.54, 1.807) is 0 Å². The van der Waals surface area contributed by atoms with Crippen LogP contribution in [0.5, 0.6) is 0 Å². The molecule has 0 aromatic carbocycles. The van der Waals surface area contributed by atoms with Gasteiger partial charge in [0.25, 0.3) is 0 Å². The van der Waals surface area contributed by atoms with Gasteiger partial charge < -0.3 is 9.80 Å². The van der Waals surface area contributed by atoms with Crippen molar-refractivity contribution in [2.75, 3.05) is 20.1 Å². The van der Waals surface area contributed by atoms with E-state index in [1.165, 1.54) is 32.1 Å². The van der Waals surface area contributed by atoms with Crippen molar-refractivity contribution < 1.29 is 9.59 Å². The van der Waals surface area contributed by atoms with Crippen molar-refractivity contribution in [3.05, 3.63) is 0 Å². The van der Waals surface area contributed by atoms with E-state index in [1.807, 2.05) is 16.8 Å². The van der Waals surface area contributed by atoms with E-state index in [-0.39, 0.29) is 23.8 Å². The van der Waals surface area contributed by atoms with E-state index in [0.29, 0.717) is 5.92 Å². The molecule has 0 spiro atoms. The number of carbonyl (C=O) groups is 2. The molecule has 1 atom stereocenters. The fourth-order valence-corrected chi connectivity index (χ4v) is 3.90. The predicted octanol–water partition coefficient (Wildman–Crippen LogP) is 2.43. The summed E-state index contributed by atoms with van der Waals surface area (Å²) in [7, 11) is 1.90. The van der Waals surface area contributed by atoms with Gasteiger partial charge in [-0.15, -0.1) is 0 Å². The molecular weight excluding hydrogens is 264 g/mol. The van der Waals surface area contributed by atoms with E-state index in [0.717, 1.165) is 38.8 Å². The van der Waals surface area contributed by atoms with Crippen molar-refractivity contribution in [2.24, 2.45) is 11.8 Å². The summed E-state index contributed by atoms with van der Waals surface area (Å²) >= 11 is 0. The summed E-state index contributed by atoms with van der Waals surface area (Å²) in [5.74, 6) is 1.32. The lowest BCUT2D eigenvalue weighted by Gasteiger charge is -2.32. The third-order valence-corrected chi connectivity index (χ3v) is 5.38. The average molecular weight is 292 g/mol. The Morgan fingerprint density at radius 1 is 1.00 bits per heavy atom. The molecule has 2 amide bonds. The first-order valence-electron chi connectivity index (χ1n) is 8.72. The van der Waals surface area contributed by atoms with Gasteiger partial charge in [0, 0.05) is 26.1 Å². The Labute approximate surface area is 127 Å². The Balaban J connectivity index is 1.60. The summed E-state index contributed by atoms with van der Waals surface area (Å²) in [5, 5.41) is 0. The third kappa shape index (κ3) is 3.41. The van der Waals surface area contributed by atoms with Gasteiger partial charge in [-0.25, -0.2) is 0 Å². The standard InChI is InChI=1S/C17H28N2O2/c1-18(12-13-9-10-13)17(21)15-8-5-11-19(15)16(20)14-6-3-2-4-7-14/h13-15H,2-12H2,1H3/t15-/m0/s1. The molecule has 0 aromatic rings. The highest BCUT2D eigenvalue weighted by Gasteiger charge is 2.39. The first-order valence-corrected chi connectivity index (χ1v) is 8.72. The summed E-state index contributed by atoms with van der Waals surface area (Å²) < 4.78 is 0. The molecule has 0 bridgehead atoms. The maximum Gasteiger partial charge on any atom is 0.245 e. The Kier molecular flexibility index (Phi) is 4.51. The maximum absolute atomic E-state index is 12.7. The number of amides is 2. The fraction of sp³-hybridized carbons (Fsp3) is 0.882. The zero-order valence-electron chi connectivity index (χ0n) is 13.2. The van der Waals surface area contributed by atoms with Crippen molar-refractivity contribution in [1.29, 1.82) is 0 Å². The first-order chi connectivity index (χ1) is 10.2. The Morgan fingerprint density at radius 3 is 2.38 bits per heavy atom. The quantitative estimate of drug-likeness (QED) is 0.798. The van der Waals surface area contributed by atoms with Crippen LogP contribution in [-0.2, 0) is 9.59 Å². The van der Waals surface area contributed by atoms with E-state index < -0.39 is 0 Å². The number of likely N-dealkylation sites (tertiary alicyclic amines) is 1. The topological polar surface area (TPSA) is 40.6 Å². The molecule has 0 unspecified atom stereocenters. The number of nitrogens with zero attached hydrogens (tertiary/aromatic N) is 2. The number of likely N-dealkylation sites (N-methyl/N-ethyl adjacent to an activating group) is 1. The molecule has 21 heavy (non-hydrogen) atoms. The van der Waals surface area contributed by atoms with E-state index in [9.17, 15) is 9.59 Å². The van der Waals surface area contributed by atoms with Gasteiger partial charge in [0.1, 0.15) is 6.04 Å². The van der Waals surface area contributed by atoms with Crippen LogP contribution in [0, 0.1) is 11.8 Å². The molecule has 0 aromatic heterocycles. The Morgan fingerprint density at radius 2 is 1.71 bits per heavy atom. The largest absolute Gasteiger partial charge is 0.344 e. The molecule has 2 aliphatic carbocycles. The van der Waals surface area contributed by atoms with Crippen molar-refractivity contribution >= 4 is 11.8 Å². The molecular formula is C17H28N2O2. The second-order valence-electron chi connectivity index (χ2n) is 7.19. The SMILES string of the molecule is CN(CC1CC1)C(=O)[C@@H]1CCCN1C(=O)C1CCCCC1. The van der Waals surface area contributed by atoms with Gasteiger partial charge in [-0.1, -0.05) is 19.3 Å². The lowest BCUT2D eigenvalue weighted by Crippen LogP contribution is -2.48. The zero-order chi connectivity index (χ0) is 14.8. The van der Waals surface area contributed by atoms with Crippen LogP contribution in [0.1, 0.15) is 57.8 Å². The van der Waals surface area contributed by atoms with Crippen molar-refractivity contribution in [1.82, 2.24) is 9.80 Å². The Hall–Kier alpha value is -1.06. The van der Waals surface area contributed by atoms with Gasteiger partial charge in [-0.2, -0.15) is 0 Å². The van der Waals surface area contributed by atoms with Gasteiger partial charge in [-0.3, -0.25) is 9.59 Å². The van der Waals surface area contributed by atoms with Gasteiger partial charge >= 0.3 is 0 Å². The number of rotatable bonds is 4. The highest BCUT2D eigenvalue weighted by molar-refractivity contribution is 5.89. The fourth-order valence-electron chi connectivity index (χ4n) is 3.90. The van der Waals surface area contributed by atoms with Crippen LogP contribution in [0.4, 0.5) is 0 Å². The molecule has 0 radical (unpaired) electrons. The summed E-state index contributed by atoms with van der Waals surface area (Å²) in [6, 6.07) is -0.178. The third-order valence-electron chi connectivity index (χ3n) is 5.38. The van der Waals surface area contributed by atoms with Gasteiger partial charge in [-0.05, 0) is 44.4 Å². The minimum atomic E-state index is -0.178. The summed E-state index contributed by atoms with van der Waals surface area (Å²) in [4.78, 5) is 29.1. The molecule has 3 rings (SSSR count). The predicted molar refractivity (Wildman–Crippen MR) is 81.7 cm³/mol. The van der Waals surface area contributed by atoms with Crippen LogP contribution in [-0.4, -0.2) is 47.8 Å². The van der Waals surface area contributed by atoms with Gasteiger partial charge in [0.05, 0.1) is 0 Å². The highest BCUT2D eigenvalue weighted by Crippen LogP contribution is 2.31.